The lowest BCUT2D eigenvalue weighted by atomic mass is 10.1. The molecule has 0 amide bonds. The molecule has 2 rings (SSSR count). The van der Waals surface area contributed by atoms with Crippen LogP contribution in [0.5, 0.6) is 0 Å². The highest BCUT2D eigenvalue weighted by Crippen LogP contribution is 2.14. The van der Waals surface area contributed by atoms with Gasteiger partial charge in [0.2, 0.25) is 0 Å². The number of methoxy groups -OCH3 is 1. The zero-order valence-corrected chi connectivity index (χ0v) is 10.9. The second-order valence-corrected chi connectivity index (χ2v) is 4.12. The molecule has 0 unspecified atom stereocenters. The lowest BCUT2D eigenvalue weighted by Gasteiger charge is -2.13. The first-order valence-corrected chi connectivity index (χ1v) is 5.97. The van der Waals surface area contributed by atoms with Crippen LogP contribution in [0.25, 0.3) is 5.69 Å². The summed E-state index contributed by atoms with van der Waals surface area (Å²) in [6.07, 6.45) is 3.42. The number of nitrogens with zero attached hydrogens (tertiary/aromatic N) is 3. The minimum atomic E-state index is -0.272. The van der Waals surface area contributed by atoms with E-state index in [4.69, 9.17) is 0 Å². The number of carbonyl (C=O) groups is 1. The van der Waals surface area contributed by atoms with Crippen LogP contribution >= 0.6 is 0 Å². The van der Waals surface area contributed by atoms with E-state index in [2.05, 4.69) is 20.4 Å². The van der Waals surface area contributed by atoms with Gasteiger partial charge in [0.15, 0.2) is 0 Å². The van der Waals surface area contributed by atoms with Crippen molar-refractivity contribution in [3.63, 3.8) is 0 Å². The third kappa shape index (κ3) is 3.38. The van der Waals surface area contributed by atoms with Crippen LogP contribution in [-0.2, 0) is 9.53 Å². The molecule has 6 heteroatoms. The smallest absolute Gasteiger partial charge is 0.319 e. The van der Waals surface area contributed by atoms with E-state index >= 15 is 0 Å². The Kier molecular flexibility index (Phi) is 4.25. The van der Waals surface area contributed by atoms with Crippen LogP contribution in [0.15, 0.2) is 36.7 Å². The largest absolute Gasteiger partial charge is 0.468 e. The maximum absolute atomic E-state index is 11.1. The zero-order chi connectivity index (χ0) is 13.7. The minimum Gasteiger partial charge on any atom is -0.468 e. The van der Waals surface area contributed by atoms with E-state index in [9.17, 15) is 4.79 Å². The molecular weight excluding hydrogens is 244 g/mol. The van der Waals surface area contributed by atoms with Gasteiger partial charge in [-0.1, -0.05) is 17.3 Å². The van der Waals surface area contributed by atoms with E-state index < -0.39 is 0 Å². The molecule has 0 aliphatic rings. The molecule has 0 aliphatic heterocycles. The number of hydrogen-bond acceptors (Lipinski definition) is 5. The van der Waals surface area contributed by atoms with Crippen molar-refractivity contribution in [2.75, 3.05) is 13.7 Å². The standard InChI is InChI=1S/C13H16N4O2/c1-10(14-9-13(18)19-2)11-3-5-12(6-4-11)17-8-7-15-16-17/h3-8,10,14H,9H2,1-2H3/t10-/m1/s1. The second kappa shape index (κ2) is 6.10. The second-order valence-electron chi connectivity index (χ2n) is 4.12. The minimum absolute atomic E-state index is 0.0731. The molecule has 0 saturated carbocycles. The Hall–Kier alpha value is -2.21. The molecule has 0 bridgehead atoms. The molecule has 0 radical (unpaired) electrons. The molecule has 0 saturated heterocycles. The number of esters is 1. The topological polar surface area (TPSA) is 69.0 Å². The summed E-state index contributed by atoms with van der Waals surface area (Å²) in [5.41, 5.74) is 2.04. The maximum atomic E-state index is 11.1. The summed E-state index contributed by atoms with van der Waals surface area (Å²) in [5.74, 6) is -0.272. The van der Waals surface area contributed by atoms with Crippen LogP contribution in [0.2, 0.25) is 0 Å². The molecule has 1 aromatic heterocycles. The Morgan fingerprint density at radius 2 is 2.16 bits per heavy atom. The van der Waals surface area contributed by atoms with E-state index in [1.807, 2.05) is 31.2 Å². The number of ether oxygens (including phenoxy) is 1. The van der Waals surface area contributed by atoms with Crippen LogP contribution in [0, 0.1) is 0 Å². The van der Waals surface area contributed by atoms with Crippen molar-refractivity contribution in [1.29, 1.82) is 0 Å². The lowest BCUT2D eigenvalue weighted by molar-refractivity contribution is -0.139. The molecule has 6 nitrogen and oxygen atoms in total. The average Bonchev–Trinajstić information content (AvgIpc) is 2.98. The van der Waals surface area contributed by atoms with E-state index in [1.165, 1.54) is 7.11 Å². The first-order valence-electron chi connectivity index (χ1n) is 5.97. The van der Waals surface area contributed by atoms with E-state index in [0.717, 1.165) is 11.3 Å². The van der Waals surface area contributed by atoms with Gasteiger partial charge in [0.25, 0.3) is 0 Å². The van der Waals surface area contributed by atoms with Gasteiger partial charge in [-0.2, -0.15) is 0 Å². The van der Waals surface area contributed by atoms with Crippen LogP contribution < -0.4 is 5.32 Å². The third-order valence-electron chi connectivity index (χ3n) is 2.86. The van der Waals surface area contributed by atoms with Crippen LogP contribution in [-0.4, -0.2) is 34.6 Å². The number of hydrogen-bond donors (Lipinski definition) is 1. The summed E-state index contributed by atoms with van der Waals surface area (Å²) >= 11 is 0. The van der Waals surface area contributed by atoms with Crippen LogP contribution in [0.3, 0.4) is 0 Å². The Bertz CT molecular complexity index is 522. The van der Waals surface area contributed by atoms with E-state index in [1.54, 1.807) is 17.1 Å². The SMILES string of the molecule is COC(=O)CN[C@H](C)c1ccc(-n2ccnn2)cc1. The molecule has 1 aromatic carbocycles. The summed E-state index contributed by atoms with van der Waals surface area (Å²) in [6, 6.07) is 7.97. The zero-order valence-electron chi connectivity index (χ0n) is 10.9. The molecule has 100 valence electrons. The number of carbonyl (C=O) groups excluding carboxylic acids is 1. The van der Waals surface area contributed by atoms with E-state index in [-0.39, 0.29) is 18.6 Å². The van der Waals surface area contributed by atoms with Gasteiger partial charge in [-0.3, -0.25) is 4.79 Å². The summed E-state index contributed by atoms with van der Waals surface area (Å²) in [7, 11) is 1.38. The monoisotopic (exact) mass is 260 g/mol. The fourth-order valence-electron chi connectivity index (χ4n) is 1.69. The van der Waals surface area contributed by atoms with Gasteiger partial charge in [-0.05, 0) is 24.6 Å². The first-order chi connectivity index (χ1) is 9.20. The highest BCUT2D eigenvalue weighted by Gasteiger charge is 2.08. The van der Waals surface area contributed by atoms with Crippen molar-refractivity contribution in [3.05, 3.63) is 42.2 Å². The van der Waals surface area contributed by atoms with Crippen molar-refractivity contribution in [2.24, 2.45) is 0 Å². The molecule has 1 heterocycles. The van der Waals surface area contributed by atoms with Crippen molar-refractivity contribution >= 4 is 5.97 Å². The Morgan fingerprint density at radius 1 is 1.42 bits per heavy atom. The lowest BCUT2D eigenvalue weighted by Crippen LogP contribution is -2.26. The highest BCUT2D eigenvalue weighted by atomic mass is 16.5. The van der Waals surface area contributed by atoms with Crippen molar-refractivity contribution in [2.45, 2.75) is 13.0 Å². The number of benzene rings is 1. The fraction of sp³-hybridized carbons (Fsp3) is 0.308. The summed E-state index contributed by atoms with van der Waals surface area (Å²) < 4.78 is 6.28. The normalized spacial score (nSPS) is 12.1. The fourth-order valence-corrected chi connectivity index (χ4v) is 1.69. The van der Waals surface area contributed by atoms with Crippen LogP contribution in [0.4, 0.5) is 0 Å². The van der Waals surface area contributed by atoms with E-state index in [0.29, 0.717) is 0 Å². The molecule has 0 aliphatic carbocycles. The van der Waals surface area contributed by atoms with Gasteiger partial charge < -0.3 is 10.1 Å². The van der Waals surface area contributed by atoms with Gasteiger partial charge in [-0.15, -0.1) is 5.10 Å². The predicted octanol–water partition coefficient (Wildman–Crippen LogP) is 1.09. The molecule has 1 atom stereocenters. The van der Waals surface area contributed by atoms with Crippen molar-refractivity contribution < 1.29 is 9.53 Å². The predicted molar refractivity (Wildman–Crippen MR) is 69.8 cm³/mol. The number of nitrogens with one attached hydrogen (secondary N) is 1. The highest BCUT2D eigenvalue weighted by molar-refractivity contribution is 5.71. The average molecular weight is 260 g/mol. The number of aromatic nitrogens is 3. The Balaban J connectivity index is 2.00. The molecule has 1 N–H and O–H groups in total. The van der Waals surface area contributed by atoms with Gasteiger partial charge in [0.1, 0.15) is 0 Å². The molecule has 0 spiro atoms. The molecular formula is C13H16N4O2. The van der Waals surface area contributed by atoms with Gasteiger partial charge in [-0.25, -0.2) is 4.68 Å². The van der Waals surface area contributed by atoms with Crippen LogP contribution in [0.1, 0.15) is 18.5 Å². The van der Waals surface area contributed by atoms with Crippen molar-refractivity contribution in [3.8, 4) is 5.69 Å². The first kappa shape index (κ1) is 13.2. The molecule has 2 aromatic rings. The Morgan fingerprint density at radius 3 is 2.74 bits per heavy atom. The molecule has 0 fully saturated rings. The quantitative estimate of drug-likeness (QED) is 0.815. The third-order valence-corrected chi connectivity index (χ3v) is 2.86. The van der Waals surface area contributed by atoms with Crippen molar-refractivity contribution in [1.82, 2.24) is 20.3 Å². The summed E-state index contributed by atoms with van der Waals surface area (Å²) in [4.78, 5) is 11.1. The Labute approximate surface area is 111 Å². The van der Waals surface area contributed by atoms with Gasteiger partial charge in [0.05, 0.1) is 31.7 Å². The maximum Gasteiger partial charge on any atom is 0.319 e. The summed E-state index contributed by atoms with van der Waals surface area (Å²) in [6.45, 7) is 2.19. The molecule has 19 heavy (non-hydrogen) atoms. The van der Waals surface area contributed by atoms with Gasteiger partial charge >= 0.3 is 5.97 Å². The number of rotatable bonds is 5. The van der Waals surface area contributed by atoms with Gasteiger partial charge in [0, 0.05) is 6.04 Å². The summed E-state index contributed by atoms with van der Waals surface area (Å²) in [5, 5.41) is 10.8.